The number of amides is 2. The van der Waals surface area contributed by atoms with Crippen LogP contribution in [0.25, 0.3) is 0 Å². The van der Waals surface area contributed by atoms with Crippen molar-refractivity contribution in [2.24, 2.45) is 0 Å². The fourth-order valence-corrected chi connectivity index (χ4v) is 2.86. The van der Waals surface area contributed by atoms with E-state index in [0.29, 0.717) is 6.54 Å². The van der Waals surface area contributed by atoms with E-state index in [1.54, 1.807) is 11.3 Å². The van der Waals surface area contributed by atoms with Crippen LogP contribution in [0.15, 0.2) is 16.8 Å². The minimum Gasteiger partial charge on any atom is -0.480 e. The second-order valence-corrected chi connectivity index (χ2v) is 7.20. The highest BCUT2D eigenvalue weighted by atomic mass is 32.1. The number of hydrogen-bond acceptors (Lipinski definition) is 3. The van der Waals surface area contributed by atoms with E-state index >= 15 is 0 Å². The third-order valence-electron chi connectivity index (χ3n) is 3.50. The quantitative estimate of drug-likeness (QED) is 0.909. The van der Waals surface area contributed by atoms with E-state index in [2.05, 4.69) is 0 Å². The number of nitrogens with zero attached hydrogens (tertiary/aromatic N) is 2. The van der Waals surface area contributed by atoms with Gasteiger partial charge in [-0.2, -0.15) is 11.3 Å². The van der Waals surface area contributed by atoms with Crippen molar-refractivity contribution in [2.45, 2.75) is 51.7 Å². The largest absolute Gasteiger partial charge is 0.480 e. The van der Waals surface area contributed by atoms with Crippen molar-refractivity contribution in [3.8, 4) is 0 Å². The van der Waals surface area contributed by atoms with E-state index in [9.17, 15) is 9.59 Å². The standard InChI is InChI=1S/C15H22N2O3S/c1-15(2,3)17(9-13(18)19)14(20)16(12-4-5-12)8-11-6-7-21-10-11/h6-7,10,12H,4-5,8-9H2,1-3H3,(H,18,19). The Labute approximate surface area is 129 Å². The first kappa shape index (κ1) is 15.8. The first-order valence-electron chi connectivity index (χ1n) is 7.10. The maximum absolute atomic E-state index is 12.8. The molecule has 1 aliphatic carbocycles. The first-order valence-corrected chi connectivity index (χ1v) is 8.04. The van der Waals surface area contributed by atoms with Gasteiger partial charge in [-0.05, 0) is 56.0 Å². The molecule has 21 heavy (non-hydrogen) atoms. The van der Waals surface area contributed by atoms with Gasteiger partial charge in [-0.25, -0.2) is 4.79 Å². The molecule has 116 valence electrons. The average Bonchev–Trinajstić information content (AvgIpc) is 3.08. The molecule has 6 heteroatoms. The van der Waals surface area contributed by atoms with Crippen molar-refractivity contribution in [1.82, 2.24) is 9.80 Å². The predicted octanol–water partition coefficient (Wildman–Crippen LogP) is 3.02. The van der Waals surface area contributed by atoms with Crippen LogP contribution in [0.2, 0.25) is 0 Å². The molecule has 2 rings (SSSR count). The number of carboxylic acids is 1. The summed E-state index contributed by atoms with van der Waals surface area (Å²) in [7, 11) is 0. The van der Waals surface area contributed by atoms with Crippen LogP contribution in [0, 0.1) is 0 Å². The van der Waals surface area contributed by atoms with E-state index in [1.165, 1.54) is 4.90 Å². The summed E-state index contributed by atoms with van der Waals surface area (Å²) < 4.78 is 0. The number of thiophene rings is 1. The average molecular weight is 310 g/mol. The maximum Gasteiger partial charge on any atom is 0.323 e. The van der Waals surface area contributed by atoms with Crippen molar-refractivity contribution in [3.05, 3.63) is 22.4 Å². The number of urea groups is 1. The second-order valence-electron chi connectivity index (χ2n) is 6.42. The molecule has 0 radical (unpaired) electrons. The van der Waals surface area contributed by atoms with Crippen molar-refractivity contribution in [2.75, 3.05) is 6.54 Å². The molecule has 0 aliphatic heterocycles. The van der Waals surface area contributed by atoms with Gasteiger partial charge in [0.25, 0.3) is 0 Å². The summed E-state index contributed by atoms with van der Waals surface area (Å²) in [4.78, 5) is 27.2. The number of hydrogen-bond donors (Lipinski definition) is 1. The van der Waals surface area contributed by atoms with Crippen molar-refractivity contribution in [3.63, 3.8) is 0 Å². The SMILES string of the molecule is CC(C)(C)N(CC(=O)O)C(=O)N(Cc1ccsc1)C1CC1. The van der Waals surface area contributed by atoms with Gasteiger partial charge in [0.2, 0.25) is 0 Å². The minimum absolute atomic E-state index is 0.182. The highest BCUT2D eigenvalue weighted by molar-refractivity contribution is 7.07. The first-order chi connectivity index (χ1) is 9.79. The van der Waals surface area contributed by atoms with E-state index in [0.717, 1.165) is 18.4 Å². The van der Waals surface area contributed by atoms with Crippen LogP contribution >= 0.6 is 11.3 Å². The van der Waals surface area contributed by atoms with E-state index < -0.39 is 11.5 Å². The lowest BCUT2D eigenvalue weighted by atomic mass is 10.1. The number of carbonyl (C=O) groups excluding carboxylic acids is 1. The summed E-state index contributed by atoms with van der Waals surface area (Å²) in [5, 5.41) is 13.1. The summed E-state index contributed by atoms with van der Waals surface area (Å²) in [6, 6.07) is 2.07. The molecule has 0 saturated heterocycles. The Morgan fingerprint density at radius 2 is 2.05 bits per heavy atom. The molecule has 0 bridgehead atoms. The smallest absolute Gasteiger partial charge is 0.323 e. The monoisotopic (exact) mass is 310 g/mol. The van der Waals surface area contributed by atoms with Gasteiger partial charge in [-0.1, -0.05) is 0 Å². The van der Waals surface area contributed by atoms with Gasteiger partial charge in [0.15, 0.2) is 0 Å². The Morgan fingerprint density at radius 1 is 1.38 bits per heavy atom. The van der Waals surface area contributed by atoms with E-state index in [-0.39, 0.29) is 18.6 Å². The summed E-state index contributed by atoms with van der Waals surface area (Å²) >= 11 is 1.60. The number of carbonyl (C=O) groups is 2. The van der Waals surface area contributed by atoms with Gasteiger partial charge < -0.3 is 14.9 Å². The lowest BCUT2D eigenvalue weighted by Crippen LogP contribution is -2.54. The number of aliphatic carboxylic acids is 1. The van der Waals surface area contributed by atoms with Crippen LogP contribution < -0.4 is 0 Å². The van der Waals surface area contributed by atoms with Crippen LogP contribution in [0.5, 0.6) is 0 Å². The van der Waals surface area contributed by atoms with Crippen LogP contribution in [0.3, 0.4) is 0 Å². The molecule has 2 amide bonds. The Hall–Kier alpha value is -1.56. The zero-order valence-electron chi connectivity index (χ0n) is 12.7. The summed E-state index contributed by atoms with van der Waals surface area (Å²) in [5.41, 5.74) is 0.585. The molecule has 1 heterocycles. The second kappa shape index (κ2) is 6.05. The summed E-state index contributed by atoms with van der Waals surface area (Å²) in [6.07, 6.45) is 2.00. The molecule has 0 unspecified atom stereocenters. The highest BCUT2D eigenvalue weighted by Gasteiger charge is 2.38. The highest BCUT2D eigenvalue weighted by Crippen LogP contribution is 2.31. The third kappa shape index (κ3) is 4.20. The van der Waals surface area contributed by atoms with Gasteiger partial charge >= 0.3 is 12.0 Å². The van der Waals surface area contributed by atoms with Crippen molar-refractivity contribution >= 4 is 23.3 Å². The maximum atomic E-state index is 12.8. The van der Waals surface area contributed by atoms with Gasteiger partial charge in [0.05, 0.1) is 0 Å². The predicted molar refractivity (Wildman–Crippen MR) is 82.4 cm³/mol. The van der Waals surface area contributed by atoms with Gasteiger partial charge in [0, 0.05) is 18.1 Å². The fraction of sp³-hybridized carbons (Fsp3) is 0.600. The fourth-order valence-electron chi connectivity index (χ4n) is 2.20. The summed E-state index contributed by atoms with van der Waals surface area (Å²) in [5.74, 6) is -0.982. The normalized spacial score (nSPS) is 14.8. The van der Waals surface area contributed by atoms with Gasteiger partial charge in [-0.3, -0.25) is 4.79 Å². The molecular weight excluding hydrogens is 288 g/mol. The van der Waals surface area contributed by atoms with Crippen LogP contribution in [-0.4, -0.2) is 45.0 Å². The summed E-state index contributed by atoms with van der Waals surface area (Å²) in [6.45, 7) is 5.88. The van der Waals surface area contributed by atoms with Crippen LogP contribution in [0.4, 0.5) is 4.79 Å². The Bertz CT molecular complexity index is 503. The Balaban J connectivity index is 2.17. The van der Waals surface area contributed by atoms with Gasteiger partial charge in [-0.15, -0.1) is 0 Å². The van der Waals surface area contributed by atoms with E-state index in [1.807, 2.05) is 42.5 Å². The number of carboxylic acid groups (broad SMARTS) is 1. The van der Waals surface area contributed by atoms with Crippen LogP contribution in [-0.2, 0) is 11.3 Å². The molecule has 1 aliphatic rings. The number of rotatable bonds is 5. The van der Waals surface area contributed by atoms with Crippen LogP contribution in [0.1, 0.15) is 39.2 Å². The zero-order chi connectivity index (χ0) is 15.6. The molecule has 1 saturated carbocycles. The molecule has 1 N–H and O–H groups in total. The zero-order valence-corrected chi connectivity index (χ0v) is 13.5. The molecule has 1 fully saturated rings. The Kier molecular flexibility index (Phi) is 4.56. The lowest BCUT2D eigenvalue weighted by molar-refractivity contribution is -0.138. The minimum atomic E-state index is -0.982. The Morgan fingerprint density at radius 3 is 2.48 bits per heavy atom. The molecule has 0 atom stereocenters. The molecule has 5 nitrogen and oxygen atoms in total. The molecule has 1 aromatic rings. The third-order valence-corrected chi connectivity index (χ3v) is 4.23. The topological polar surface area (TPSA) is 60.9 Å². The van der Waals surface area contributed by atoms with Crippen molar-refractivity contribution < 1.29 is 14.7 Å². The molecule has 0 aromatic carbocycles. The molecule has 1 aromatic heterocycles. The van der Waals surface area contributed by atoms with E-state index in [4.69, 9.17) is 5.11 Å². The molecular formula is C15H22N2O3S. The van der Waals surface area contributed by atoms with Crippen molar-refractivity contribution in [1.29, 1.82) is 0 Å². The van der Waals surface area contributed by atoms with Gasteiger partial charge in [0.1, 0.15) is 6.54 Å². The lowest BCUT2D eigenvalue weighted by Gasteiger charge is -2.38. The molecule has 0 spiro atoms.